The van der Waals surface area contributed by atoms with Crippen molar-refractivity contribution < 1.29 is 9.53 Å². The smallest absolute Gasteiger partial charge is 0.251 e. The molecular formula is C33H45ClN6O2. The molecular weight excluding hydrogens is 548 g/mol. The molecule has 0 radical (unpaired) electrons. The Morgan fingerprint density at radius 3 is 2.05 bits per heavy atom. The molecule has 3 aliphatic rings. The van der Waals surface area contributed by atoms with Crippen LogP contribution in [0.2, 0.25) is 5.02 Å². The maximum atomic E-state index is 13.3. The van der Waals surface area contributed by atoms with E-state index in [1.807, 2.05) is 12.1 Å². The standard InChI is InChI=1S/C33H45ClN6O2/c1-32(2)30(33(3,4)31(32)42-27-11-8-25(23-35)28(34)22-27)36-29(41)24-6-9-26(10-7-24)40-20-18-39(19-21-40)17-16-38-14-12-37(5)13-15-38/h6-11,22,30-31H,12-21H2,1-5H3,(H,36,41). The van der Waals surface area contributed by atoms with Crippen molar-refractivity contribution >= 4 is 23.2 Å². The minimum absolute atomic E-state index is 0.0682. The number of piperazine rings is 2. The Bertz CT molecular complexity index is 1270. The van der Waals surface area contributed by atoms with E-state index in [9.17, 15) is 4.79 Å². The summed E-state index contributed by atoms with van der Waals surface area (Å²) in [6.07, 6.45) is -0.137. The number of nitrogens with one attached hydrogen (secondary N) is 1. The monoisotopic (exact) mass is 592 g/mol. The van der Waals surface area contributed by atoms with Gasteiger partial charge in [-0.1, -0.05) is 39.3 Å². The summed E-state index contributed by atoms with van der Waals surface area (Å²) in [6.45, 7) is 19.6. The van der Waals surface area contributed by atoms with Gasteiger partial charge in [0.25, 0.3) is 5.91 Å². The number of anilines is 1. The predicted molar refractivity (Wildman–Crippen MR) is 168 cm³/mol. The number of amides is 1. The van der Waals surface area contributed by atoms with E-state index in [1.165, 1.54) is 31.9 Å². The molecule has 226 valence electrons. The van der Waals surface area contributed by atoms with Gasteiger partial charge in [0.05, 0.1) is 10.6 Å². The van der Waals surface area contributed by atoms with Gasteiger partial charge in [-0.25, -0.2) is 0 Å². The number of nitrogens with zero attached hydrogens (tertiary/aromatic N) is 5. The van der Waals surface area contributed by atoms with Crippen LogP contribution < -0.4 is 15.0 Å². The lowest BCUT2D eigenvalue weighted by molar-refractivity contribution is -0.164. The molecule has 2 heterocycles. The van der Waals surface area contributed by atoms with Crippen molar-refractivity contribution in [3.63, 3.8) is 0 Å². The summed E-state index contributed by atoms with van der Waals surface area (Å²) in [6, 6.07) is 15.2. The second-order valence-corrected chi connectivity index (χ2v) is 13.7. The normalized spacial score (nSPS) is 24.5. The zero-order valence-electron chi connectivity index (χ0n) is 25.7. The van der Waals surface area contributed by atoms with E-state index in [4.69, 9.17) is 21.6 Å². The highest BCUT2D eigenvalue weighted by atomic mass is 35.5. The molecule has 1 aliphatic carbocycles. The van der Waals surface area contributed by atoms with Crippen LogP contribution in [0, 0.1) is 22.2 Å². The Labute approximate surface area is 256 Å². The first-order valence-corrected chi connectivity index (χ1v) is 15.5. The van der Waals surface area contributed by atoms with Gasteiger partial charge in [-0.2, -0.15) is 5.26 Å². The Kier molecular flexibility index (Phi) is 9.05. The van der Waals surface area contributed by atoms with E-state index in [0.29, 0.717) is 21.9 Å². The lowest BCUT2D eigenvalue weighted by Crippen LogP contribution is -2.74. The van der Waals surface area contributed by atoms with Crippen molar-refractivity contribution in [2.24, 2.45) is 10.8 Å². The van der Waals surface area contributed by atoms with Gasteiger partial charge in [0, 0.05) is 99.6 Å². The highest BCUT2D eigenvalue weighted by Crippen LogP contribution is 2.55. The first-order valence-electron chi connectivity index (χ1n) is 15.1. The fourth-order valence-electron chi connectivity index (χ4n) is 7.22. The molecule has 2 saturated heterocycles. The summed E-state index contributed by atoms with van der Waals surface area (Å²) < 4.78 is 6.36. The van der Waals surface area contributed by atoms with Crippen LogP contribution in [0.5, 0.6) is 5.75 Å². The van der Waals surface area contributed by atoms with Crippen LogP contribution in [0.3, 0.4) is 0 Å². The fraction of sp³-hybridized carbons (Fsp3) is 0.576. The van der Waals surface area contributed by atoms with Crippen molar-refractivity contribution in [1.29, 1.82) is 5.26 Å². The van der Waals surface area contributed by atoms with Crippen molar-refractivity contribution in [2.45, 2.75) is 39.8 Å². The van der Waals surface area contributed by atoms with Gasteiger partial charge < -0.3 is 19.9 Å². The second kappa shape index (κ2) is 12.4. The summed E-state index contributed by atoms with van der Waals surface area (Å²) in [5.74, 6) is 0.558. The van der Waals surface area contributed by atoms with Crippen molar-refractivity contribution in [3.8, 4) is 11.8 Å². The number of ether oxygens (including phenoxy) is 1. The molecule has 2 aromatic carbocycles. The number of likely N-dealkylation sites (N-methyl/N-ethyl adjacent to an activating group) is 1. The van der Waals surface area contributed by atoms with E-state index < -0.39 is 0 Å². The second-order valence-electron chi connectivity index (χ2n) is 13.3. The third-order valence-corrected chi connectivity index (χ3v) is 9.94. The van der Waals surface area contributed by atoms with E-state index in [1.54, 1.807) is 18.2 Å². The molecule has 2 aromatic rings. The van der Waals surface area contributed by atoms with Crippen LogP contribution in [0.4, 0.5) is 5.69 Å². The molecule has 1 saturated carbocycles. The molecule has 8 nitrogen and oxygen atoms in total. The van der Waals surface area contributed by atoms with Crippen LogP contribution >= 0.6 is 11.6 Å². The molecule has 0 atom stereocenters. The Morgan fingerprint density at radius 2 is 1.50 bits per heavy atom. The zero-order chi connectivity index (χ0) is 30.1. The average molecular weight is 593 g/mol. The van der Waals surface area contributed by atoms with Crippen LogP contribution in [-0.4, -0.2) is 105 Å². The van der Waals surface area contributed by atoms with Crippen molar-refractivity contribution in [1.82, 2.24) is 20.0 Å². The van der Waals surface area contributed by atoms with Gasteiger partial charge >= 0.3 is 0 Å². The lowest BCUT2D eigenvalue weighted by Gasteiger charge is -2.63. The highest BCUT2D eigenvalue weighted by Gasteiger charge is 2.64. The Balaban J connectivity index is 1.12. The lowest BCUT2D eigenvalue weighted by atomic mass is 9.49. The molecule has 2 aliphatic heterocycles. The first-order chi connectivity index (χ1) is 20.0. The maximum Gasteiger partial charge on any atom is 0.251 e. The van der Waals surface area contributed by atoms with E-state index in [-0.39, 0.29) is 28.9 Å². The number of halogens is 1. The number of nitriles is 1. The molecule has 0 spiro atoms. The molecule has 9 heteroatoms. The van der Waals surface area contributed by atoms with Crippen LogP contribution in [0.15, 0.2) is 42.5 Å². The molecule has 0 aromatic heterocycles. The van der Waals surface area contributed by atoms with Gasteiger partial charge in [0.1, 0.15) is 17.9 Å². The van der Waals surface area contributed by atoms with Crippen LogP contribution in [0.1, 0.15) is 43.6 Å². The van der Waals surface area contributed by atoms with Crippen LogP contribution in [-0.2, 0) is 0 Å². The molecule has 0 bridgehead atoms. The Hall–Kier alpha value is -2.83. The largest absolute Gasteiger partial charge is 0.489 e. The molecule has 5 rings (SSSR count). The SMILES string of the molecule is CN1CCN(CCN2CCN(c3ccc(C(=O)NC4C(C)(C)C(Oc5ccc(C#N)c(Cl)c5)C4(C)C)cc3)CC2)CC1. The van der Waals surface area contributed by atoms with Gasteiger partial charge in [-0.05, 0) is 43.4 Å². The fourth-order valence-corrected chi connectivity index (χ4v) is 7.43. The number of benzene rings is 2. The number of carbonyl (C=O) groups excluding carboxylic acids is 1. The van der Waals surface area contributed by atoms with Gasteiger partial charge in [-0.3, -0.25) is 14.6 Å². The van der Waals surface area contributed by atoms with Gasteiger partial charge in [0.2, 0.25) is 0 Å². The summed E-state index contributed by atoms with van der Waals surface area (Å²) in [4.78, 5) is 23.3. The predicted octanol–water partition coefficient (Wildman–Crippen LogP) is 4.19. The topological polar surface area (TPSA) is 75.1 Å². The minimum Gasteiger partial charge on any atom is -0.489 e. The third kappa shape index (κ3) is 6.40. The minimum atomic E-state index is -0.302. The molecule has 0 unspecified atom stereocenters. The van der Waals surface area contributed by atoms with E-state index in [2.05, 4.69) is 77.9 Å². The Morgan fingerprint density at radius 1 is 0.929 bits per heavy atom. The van der Waals surface area contributed by atoms with E-state index in [0.717, 1.165) is 39.3 Å². The molecule has 1 N–H and O–H groups in total. The summed E-state index contributed by atoms with van der Waals surface area (Å²) in [5, 5.41) is 12.8. The first kappa shape index (κ1) is 30.6. The third-order valence-electron chi connectivity index (χ3n) is 9.63. The van der Waals surface area contributed by atoms with Crippen molar-refractivity contribution in [3.05, 3.63) is 58.6 Å². The number of hydrogen-bond donors (Lipinski definition) is 1. The molecule has 3 fully saturated rings. The maximum absolute atomic E-state index is 13.3. The summed E-state index contributed by atoms with van der Waals surface area (Å²) >= 11 is 6.22. The number of hydrogen-bond acceptors (Lipinski definition) is 7. The summed E-state index contributed by atoms with van der Waals surface area (Å²) in [7, 11) is 2.20. The zero-order valence-corrected chi connectivity index (χ0v) is 26.5. The quantitative estimate of drug-likeness (QED) is 0.493. The highest BCUT2D eigenvalue weighted by molar-refractivity contribution is 6.31. The number of carbonyl (C=O) groups is 1. The van der Waals surface area contributed by atoms with E-state index >= 15 is 0 Å². The van der Waals surface area contributed by atoms with Gasteiger partial charge in [-0.15, -0.1) is 0 Å². The van der Waals surface area contributed by atoms with Crippen molar-refractivity contribution in [2.75, 3.05) is 77.4 Å². The summed E-state index contributed by atoms with van der Waals surface area (Å²) in [5.41, 5.74) is 1.65. The number of rotatable bonds is 8. The van der Waals surface area contributed by atoms with Crippen LogP contribution in [0.25, 0.3) is 0 Å². The molecule has 42 heavy (non-hydrogen) atoms. The van der Waals surface area contributed by atoms with Gasteiger partial charge in [0.15, 0.2) is 0 Å². The average Bonchev–Trinajstić information content (AvgIpc) is 2.98. The molecule has 1 amide bonds.